The van der Waals surface area contributed by atoms with E-state index in [1.807, 2.05) is 0 Å². The molecule has 1 fully saturated rings. The smallest absolute Gasteiger partial charge is 0.303 e. The molecule has 172 valence electrons. The van der Waals surface area contributed by atoms with Crippen molar-refractivity contribution in [3.05, 3.63) is 48.2 Å². The summed E-state index contributed by atoms with van der Waals surface area (Å²) in [6.07, 6.45) is -1.30. The summed E-state index contributed by atoms with van der Waals surface area (Å²) < 4.78 is 22.1. The van der Waals surface area contributed by atoms with Gasteiger partial charge in [-0.05, 0) is 24.3 Å². The van der Waals surface area contributed by atoms with Gasteiger partial charge in [0.2, 0.25) is 0 Å². The van der Waals surface area contributed by atoms with E-state index in [2.05, 4.69) is 11.1 Å². The van der Waals surface area contributed by atoms with Gasteiger partial charge in [-0.2, -0.15) is 5.26 Å². The number of benzene rings is 1. The lowest BCUT2D eigenvalue weighted by Crippen LogP contribution is -2.55. The minimum Gasteiger partial charge on any atom is -0.474 e. The summed E-state index contributed by atoms with van der Waals surface area (Å²) in [5.41, 5.74) is 1.35. The fraction of sp³-hybridized carbons (Fsp3) is 0.348. The van der Waals surface area contributed by atoms with Crippen LogP contribution < -0.4 is 4.74 Å². The monoisotopic (exact) mass is 470 g/mol. The molecule has 0 N–H and O–H groups in total. The summed E-state index contributed by atoms with van der Waals surface area (Å²) >= 11 is 1.27. The van der Waals surface area contributed by atoms with Crippen LogP contribution >= 0.6 is 11.8 Å². The Kier molecular flexibility index (Phi) is 7.90. The van der Waals surface area contributed by atoms with Crippen molar-refractivity contribution in [2.75, 3.05) is 5.75 Å². The number of hydrogen-bond donors (Lipinski definition) is 0. The maximum atomic E-state index is 11.7. The van der Waals surface area contributed by atoms with Crippen molar-refractivity contribution >= 4 is 29.7 Å². The topological polar surface area (TPSA) is 125 Å². The highest BCUT2D eigenvalue weighted by atomic mass is 32.2. The normalized spacial score (nSPS) is 21.9. The zero-order valence-electron chi connectivity index (χ0n) is 18.2. The summed E-state index contributed by atoms with van der Waals surface area (Å²) in [5.74, 6) is -1.05. The number of aromatic nitrogens is 1. The van der Waals surface area contributed by atoms with Gasteiger partial charge in [-0.3, -0.25) is 19.4 Å². The van der Waals surface area contributed by atoms with Crippen molar-refractivity contribution in [2.45, 2.75) is 44.5 Å². The SMILES string of the molecule is CC(=O)O[C@H]1[C@H](OC(C)=O)CSC(Oc2ccc(-c3ccc(C#N)cc3)nc2)[C@@H]1OC(C)=O. The molecule has 0 spiro atoms. The maximum Gasteiger partial charge on any atom is 0.303 e. The van der Waals surface area contributed by atoms with Gasteiger partial charge in [-0.1, -0.05) is 12.1 Å². The second-order valence-corrected chi connectivity index (χ2v) is 8.32. The van der Waals surface area contributed by atoms with Crippen molar-refractivity contribution in [3.8, 4) is 23.1 Å². The molecule has 1 aromatic heterocycles. The van der Waals surface area contributed by atoms with Crippen LogP contribution in [0.2, 0.25) is 0 Å². The third-order valence-electron chi connectivity index (χ3n) is 4.60. The molecule has 1 unspecified atom stereocenters. The van der Waals surface area contributed by atoms with Gasteiger partial charge in [0.25, 0.3) is 0 Å². The minimum atomic E-state index is -1.02. The second kappa shape index (κ2) is 10.8. The summed E-state index contributed by atoms with van der Waals surface area (Å²) in [7, 11) is 0. The number of hydrogen-bond acceptors (Lipinski definition) is 10. The Morgan fingerprint density at radius 1 is 0.939 bits per heavy atom. The van der Waals surface area contributed by atoms with Gasteiger partial charge < -0.3 is 18.9 Å². The third kappa shape index (κ3) is 6.46. The number of carbonyl (C=O) groups excluding carboxylic acids is 3. The number of carbonyl (C=O) groups is 3. The Bertz CT molecular complexity index is 1050. The molecule has 0 amide bonds. The highest BCUT2D eigenvalue weighted by Crippen LogP contribution is 2.34. The molecule has 1 aromatic carbocycles. The van der Waals surface area contributed by atoms with E-state index in [1.54, 1.807) is 36.4 Å². The number of nitriles is 1. The number of nitrogens with zero attached hydrogens (tertiary/aromatic N) is 2. The Balaban J connectivity index is 1.79. The van der Waals surface area contributed by atoms with E-state index in [-0.39, 0.29) is 5.75 Å². The van der Waals surface area contributed by atoms with Gasteiger partial charge in [0, 0.05) is 32.1 Å². The van der Waals surface area contributed by atoms with Gasteiger partial charge in [-0.25, -0.2) is 0 Å². The van der Waals surface area contributed by atoms with E-state index in [9.17, 15) is 14.4 Å². The zero-order valence-corrected chi connectivity index (χ0v) is 19.0. The van der Waals surface area contributed by atoms with Gasteiger partial charge in [0.1, 0.15) is 5.75 Å². The number of esters is 3. The van der Waals surface area contributed by atoms with Crippen molar-refractivity contribution in [3.63, 3.8) is 0 Å². The first-order valence-corrected chi connectivity index (χ1v) is 11.1. The standard InChI is InChI=1S/C23H22N2O7S/c1-13(26)29-20-12-33-23(22(31-15(3)28)21(20)30-14(2)27)32-18-8-9-19(25-11-18)17-6-4-16(10-24)5-7-17/h4-9,11,20-23H,12H2,1-3H3/t20-,21+,22-,23?/m1/s1. The number of thioether (sulfide) groups is 1. The molecule has 4 atom stereocenters. The lowest BCUT2D eigenvalue weighted by molar-refractivity contribution is -0.186. The van der Waals surface area contributed by atoms with Crippen LogP contribution in [-0.4, -0.2) is 52.4 Å². The predicted octanol–water partition coefficient (Wildman–Crippen LogP) is 2.87. The zero-order chi connectivity index (χ0) is 24.0. The first-order chi connectivity index (χ1) is 15.8. The quantitative estimate of drug-likeness (QED) is 0.459. The van der Waals surface area contributed by atoms with Crippen LogP contribution in [0.25, 0.3) is 11.3 Å². The Morgan fingerprint density at radius 2 is 1.58 bits per heavy atom. The molecule has 2 heterocycles. The van der Waals surface area contributed by atoms with E-state index in [1.165, 1.54) is 38.7 Å². The fourth-order valence-corrected chi connectivity index (χ4v) is 4.50. The first-order valence-electron chi connectivity index (χ1n) is 10.0. The average Bonchev–Trinajstić information content (AvgIpc) is 2.77. The second-order valence-electron chi connectivity index (χ2n) is 7.18. The molecule has 1 aliphatic heterocycles. The Hall–Kier alpha value is -3.58. The summed E-state index contributed by atoms with van der Waals surface area (Å²) in [6, 6.07) is 12.6. The van der Waals surface area contributed by atoms with Gasteiger partial charge in [-0.15, -0.1) is 11.8 Å². The predicted molar refractivity (Wildman–Crippen MR) is 118 cm³/mol. The van der Waals surface area contributed by atoms with E-state index < -0.39 is 41.7 Å². The molecule has 0 bridgehead atoms. The van der Waals surface area contributed by atoms with Gasteiger partial charge in [0.05, 0.1) is 23.5 Å². The van der Waals surface area contributed by atoms with Crippen LogP contribution in [0.3, 0.4) is 0 Å². The van der Waals surface area contributed by atoms with Crippen LogP contribution in [0.4, 0.5) is 0 Å². The molecule has 9 nitrogen and oxygen atoms in total. The van der Waals surface area contributed by atoms with Crippen molar-refractivity contribution in [1.29, 1.82) is 5.26 Å². The van der Waals surface area contributed by atoms with Crippen LogP contribution in [-0.2, 0) is 28.6 Å². The number of rotatable bonds is 6. The molecular formula is C23H22N2O7S. The molecule has 0 saturated carbocycles. The lowest BCUT2D eigenvalue weighted by atomic mass is 10.1. The number of ether oxygens (including phenoxy) is 4. The summed E-state index contributed by atoms with van der Waals surface area (Å²) in [6.45, 7) is 3.70. The minimum absolute atomic E-state index is 0.275. The lowest BCUT2D eigenvalue weighted by Gasteiger charge is -2.39. The third-order valence-corrected chi connectivity index (χ3v) is 5.82. The van der Waals surface area contributed by atoms with E-state index in [0.717, 1.165) is 5.56 Å². The van der Waals surface area contributed by atoms with E-state index in [0.29, 0.717) is 17.0 Å². The molecule has 33 heavy (non-hydrogen) atoms. The van der Waals surface area contributed by atoms with E-state index in [4.69, 9.17) is 24.2 Å². The van der Waals surface area contributed by atoms with E-state index >= 15 is 0 Å². The first kappa shape index (κ1) is 24.1. The molecule has 1 saturated heterocycles. The van der Waals surface area contributed by atoms with Crippen LogP contribution in [0, 0.1) is 11.3 Å². The molecular weight excluding hydrogens is 448 g/mol. The molecule has 0 aliphatic carbocycles. The van der Waals surface area contributed by atoms with Gasteiger partial charge in [0.15, 0.2) is 23.7 Å². The van der Waals surface area contributed by atoms with Crippen molar-refractivity contribution < 1.29 is 33.3 Å². The fourth-order valence-electron chi connectivity index (χ4n) is 3.28. The molecule has 1 aliphatic rings. The molecule has 2 aromatic rings. The average molecular weight is 471 g/mol. The highest BCUT2D eigenvalue weighted by Gasteiger charge is 2.47. The molecule has 10 heteroatoms. The van der Waals surface area contributed by atoms with Gasteiger partial charge >= 0.3 is 17.9 Å². The summed E-state index contributed by atoms with van der Waals surface area (Å²) in [5, 5.41) is 8.93. The Labute approximate surface area is 195 Å². The number of pyridine rings is 1. The van der Waals surface area contributed by atoms with Crippen molar-refractivity contribution in [1.82, 2.24) is 4.98 Å². The van der Waals surface area contributed by atoms with Crippen LogP contribution in [0.1, 0.15) is 26.3 Å². The maximum absolute atomic E-state index is 11.7. The highest BCUT2D eigenvalue weighted by molar-refractivity contribution is 7.99. The van der Waals surface area contributed by atoms with Crippen LogP contribution in [0.5, 0.6) is 5.75 Å². The Morgan fingerprint density at radius 3 is 2.12 bits per heavy atom. The largest absolute Gasteiger partial charge is 0.474 e. The summed E-state index contributed by atoms with van der Waals surface area (Å²) in [4.78, 5) is 39.3. The molecule has 0 radical (unpaired) electrons. The van der Waals surface area contributed by atoms with Crippen LogP contribution in [0.15, 0.2) is 42.6 Å². The molecule has 3 rings (SSSR count). The van der Waals surface area contributed by atoms with Crippen molar-refractivity contribution in [2.24, 2.45) is 0 Å².